The molecule has 0 unspecified atom stereocenters. The number of urea groups is 1. The van der Waals surface area contributed by atoms with E-state index in [2.05, 4.69) is 15.7 Å². The van der Waals surface area contributed by atoms with Crippen LogP contribution in [-0.4, -0.2) is 27.3 Å². The molecule has 2 aromatic rings. The van der Waals surface area contributed by atoms with Crippen molar-refractivity contribution in [1.29, 1.82) is 0 Å². The molecule has 2 aromatic heterocycles. The van der Waals surface area contributed by atoms with Crippen molar-refractivity contribution < 1.29 is 4.79 Å². The highest BCUT2D eigenvalue weighted by atomic mass is 32.1. The van der Waals surface area contributed by atoms with E-state index in [0.29, 0.717) is 13.1 Å². The molecule has 23 heavy (non-hydrogen) atoms. The molecule has 0 radical (unpaired) electrons. The van der Waals surface area contributed by atoms with Gasteiger partial charge in [0, 0.05) is 42.7 Å². The van der Waals surface area contributed by atoms with Gasteiger partial charge >= 0.3 is 6.03 Å². The SMILES string of the molecule is Cc1c(CNC(=O)NCCc2nc3c(s2)CCCC3)cnn1C. The molecule has 2 N–H and O–H groups in total. The normalized spacial score (nSPS) is 13.7. The second kappa shape index (κ2) is 7.12. The van der Waals surface area contributed by atoms with Crippen LogP contribution in [-0.2, 0) is 32.9 Å². The number of nitrogens with zero attached hydrogens (tertiary/aromatic N) is 3. The van der Waals surface area contributed by atoms with E-state index in [1.165, 1.54) is 29.8 Å². The van der Waals surface area contributed by atoms with Gasteiger partial charge in [-0.3, -0.25) is 4.68 Å². The maximum Gasteiger partial charge on any atom is 0.315 e. The van der Waals surface area contributed by atoms with Crippen molar-refractivity contribution in [2.75, 3.05) is 6.54 Å². The van der Waals surface area contributed by atoms with Crippen molar-refractivity contribution in [3.63, 3.8) is 0 Å². The van der Waals surface area contributed by atoms with Crippen LogP contribution >= 0.6 is 11.3 Å². The van der Waals surface area contributed by atoms with Crippen LogP contribution in [0, 0.1) is 6.92 Å². The number of carbonyl (C=O) groups is 1. The van der Waals surface area contributed by atoms with Crippen LogP contribution in [0.3, 0.4) is 0 Å². The van der Waals surface area contributed by atoms with E-state index in [9.17, 15) is 4.79 Å². The molecule has 0 saturated carbocycles. The van der Waals surface area contributed by atoms with Gasteiger partial charge in [-0.1, -0.05) is 0 Å². The number of aryl methyl sites for hydroxylation is 3. The zero-order valence-corrected chi connectivity index (χ0v) is 14.5. The molecular weight excluding hydrogens is 310 g/mol. The predicted octanol–water partition coefficient (Wildman–Crippen LogP) is 2.11. The van der Waals surface area contributed by atoms with E-state index in [0.717, 1.165) is 29.1 Å². The predicted molar refractivity (Wildman–Crippen MR) is 90.6 cm³/mol. The first-order chi connectivity index (χ1) is 11.1. The van der Waals surface area contributed by atoms with Gasteiger partial charge in [0.2, 0.25) is 0 Å². The highest BCUT2D eigenvalue weighted by Crippen LogP contribution is 2.26. The van der Waals surface area contributed by atoms with E-state index >= 15 is 0 Å². The van der Waals surface area contributed by atoms with Gasteiger partial charge in [-0.05, 0) is 32.6 Å². The van der Waals surface area contributed by atoms with Crippen LogP contribution in [0.5, 0.6) is 0 Å². The summed E-state index contributed by atoms with van der Waals surface area (Å²) < 4.78 is 1.80. The highest BCUT2D eigenvalue weighted by Gasteiger charge is 2.15. The van der Waals surface area contributed by atoms with E-state index in [4.69, 9.17) is 4.98 Å². The van der Waals surface area contributed by atoms with Crippen molar-refractivity contribution in [2.24, 2.45) is 7.05 Å². The molecule has 6 nitrogen and oxygen atoms in total. The monoisotopic (exact) mass is 333 g/mol. The minimum absolute atomic E-state index is 0.144. The third-order valence-electron chi connectivity index (χ3n) is 4.29. The fourth-order valence-electron chi connectivity index (χ4n) is 2.75. The Labute approximate surface area is 140 Å². The summed E-state index contributed by atoms with van der Waals surface area (Å²) in [6, 6.07) is -0.144. The molecule has 7 heteroatoms. The summed E-state index contributed by atoms with van der Waals surface area (Å²) in [5.41, 5.74) is 3.39. The third-order valence-corrected chi connectivity index (χ3v) is 5.51. The third kappa shape index (κ3) is 3.90. The Morgan fingerprint density at radius 2 is 2.17 bits per heavy atom. The molecule has 0 aliphatic heterocycles. The maximum atomic E-state index is 11.9. The largest absolute Gasteiger partial charge is 0.338 e. The van der Waals surface area contributed by atoms with Crippen molar-refractivity contribution in [3.05, 3.63) is 33.0 Å². The molecule has 1 aliphatic carbocycles. The van der Waals surface area contributed by atoms with Gasteiger partial charge in [-0.15, -0.1) is 11.3 Å². The van der Waals surface area contributed by atoms with Crippen molar-refractivity contribution in [2.45, 2.75) is 45.6 Å². The second-order valence-electron chi connectivity index (χ2n) is 5.92. The lowest BCUT2D eigenvalue weighted by molar-refractivity contribution is 0.240. The first kappa shape index (κ1) is 16.0. The lowest BCUT2D eigenvalue weighted by atomic mass is 10.0. The average Bonchev–Trinajstić information content (AvgIpc) is 3.09. The van der Waals surface area contributed by atoms with Crippen molar-refractivity contribution >= 4 is 17.4 Å². The van der Waals surface area contributed by atoms with Crippen LogP contribution in [0.15, 0.2) is 6.20 Å². The molecule has 0 saturated heterocycles. The number of nitrogens with one attached hydrogen (secondary N) is 2. The molecule has 0 spiro atoms. The molecule has 0 fully saturated rings. The molecule has 3 rings (SSSR count). The molecule has 124 valence electrons. The van der Waals surface area contributed by atoms with E-state index in [-0.39, 0.29) is 6.03 Å². The number of hydrogen-bond acceptors (Lipinski definition) is 4. The molecule has 0 aromatic carbocycles. The van der Waals surface area contributed by atoms with Gasteiger partial charge in [0.25, 0.3) is 0 Å². The smallest absolute Gasteiger partial charge is 0.315 e. The van der Waals surface area contributed by atoms with Crippen LogP contribution in [0.4, 0.5) is 4.79 Å². The quantitative estimate of drug-likeness (QED) is 0.880. The lowest BCUT2D eigenvalue weighted by Crippen LogP contribution is -2.36. The number of aromatic nitrogens is 3. The van der Waals surface area contributed by atoms with Gasteiger partial charge in [0.1, 0.15) is 0 Å². The van der Waals surface area contributed by atoms with Gasteiger partial charge in [0.15, 0.2) is 0 Å². The average molecular weight is 333 g/mol. The Balaban J connectivity index is 1.41. The summed E-state index contributed by atoms with van der Waals surface area (Å²) in [6.45, 7) is 3.10. The zero-order valence-electron chi connectivity index (χ0n) is 13.7. The van der Waals surface area contributed by atoms with Gasteiger partial charge < -0.3 is 10.6 Å². The molecule has 0 atom stereocenters. The van der Waals surface area contributed by atoms with Crippen LogP contribution in [0.2, 0.25) is 0 Å². The minimum atomic E-state index is -0.144. The number of rotatable bonds is 5. The fraction of sp³-hybridized carbons (Fsp3) is 0.562. The molecule has 0 bridgehead atoms. The molecule has 1 aliphatic rings. The topological polar surface area (TPSA) is 71.8 Å². The molecule has 2 heterocycles. The summed E-state index contributed by atoms with van der Waals surface area (Å²) in [4.78, 5) is 18.0. The van der Waals surface area contributed by atoms with E-state index in [1.54, 1.807) is 10.9 Å². The fourth-order valence-corrected chi connectivity index (χ4v) is 3.91. The highest BCUT2D eigenvalue weighted by molar-refractivity contribution is 7.11. The van der Waals surface area contributed by atoms with Crippen LogP contribution in [0.25, 0.3) is 0 Å². The van der Waals surface area contributed by atoms with Crippen LogP contribution in [0.1, 0.15) is 39.7 Å². The molecule has 2 amide bonds. The summed E-state index contributed by atoms with van der Waals surface area (Å²) in [7, 11) is 1.90. The minimum Gasteiger partial charge on any atom is -0.338 e. The Bertz CT molecular complexity index is 667. The van der Waals surface area contributed by atoms with Crippen molar-refractivity contribution in [3.8, 4) is 0 Å². The number of amides is 2. The van der Waals surface area contributed by atoms with Crippen LogP contribution < -0.4 is 10.6 Å². The number of hydrogen-bond donors (Lipinski definition) is 2. The maximum absolute atomic E-state index is 11.9. The Hall–Kier alpha value is -1.89. The summed E-state index contributed by atoms with van der Waals surface area (Å²) >= 11 is 1.81. The summed E-state index contributed by atoms with van der Waals surface area (Å²) in [5, 5.41) is 11.1. The first-order valence-corrected chi connectivity index (χ1v) is 8.92. The van der Waals surface area contributed by atoms with Gasteiger partial charge in [-0.2, -0.15) is 5.10 Å². The van der Waals surface area contributed by atoms with E-state index in [1.807, 2.05) is 25.3 Å². The van der Waals surface area contributed by atoms with Crippen molar-refractivity contribution in [1.82, 2.24) is 25.4 Å². The summed E-state index contributed by atoms with van der Waals surface area (Å²) in [6.07, 6.45) is 7.41. The Kier molecular flexibility index (Phi) is 4.95. The Morgan fingerprint density at radius 3 is 2.91 bits per heavy atom. The van der Waals surface area contributed by atoms with Gasteiger partial charge in [-0.25, -0.2) is 9.78 Å². The first-order valence-electron chi connectivity index (χ1n) is 8.10. The summed E-state index contributed by atoms with van der Waals surface area (Å²) in [5.74, 6) is 0. The second-order valence-corrected chi connectivity index (χ2v) is 7.09. The number of thiazole rings is 1. The molecular formula is C16H23N5OS. The number of carbonyl (C=O) groups excluding carboxylic acids is 1. The lowest BCUT2D eigenvalue weighted by Gasteiger charge is -2.07. The van der Waals surface area contributed by atoms with Gasteiger partial charge in [0.05, 0.1) is 16.9 Å². The van der Waals surface area contributed by atoms with E-state index < -0.39 is 0 Å². The standard InChI is InChI=1S/C16H23N5OS/c1-11-12(10-19-21(11)2)9-18-16(22)17-8-7-15-20-13-5-3-4-6-14(13)23-15/h10H,3-9H2,1-2H3,(H2,17,18,22). The number of fused-ring (bicyclic) bond motifs is 1. The Morgan fingerprint density at radius 1 is 1.35 bits per heavy atom. The zero-order chi connectivity index (χ0) is 16.2.